The SMILES string of the molecule is CCCC1NC2(CC2)C(=O)N1C1CCCCCCC1. The third-order valence-corrected chi connectivity index (χ3v) is 5.20. The highest BCUT2D eigenvalue weighted by molar-refractivity contribution is 5.92. The Morgan fingerprint density at radius 1 is 1.16 bits per heavy atom. The second kappa shape index (κ2) is 5.43. The molecule has 1 N–H and O–H groups in total. The Labute approximate surface area is 117 Å². The molecule has 19 heavy (non-hydrogen) atoms. The third kappa shape index (κ3) is 2.54. The minimum atomic E-state index is -0.123. The van der Waals surface area contributed by atoms with Crippen LogP contribution in [0.5, 0.6) is 0 Å². The van der Waals surface area contributed by atoms with E-state index in [-0.39, 0.29) is 5.54 Å². The fraction of sp³-hybridized carbons (Fsp3) is 0.938. The second-order valence-corrected chi connectivity index (χ2v) is 6.74. The quantitative estimate of drug-likeness (QED) is 0.849. The first-order valence-corrected chi connectivity index (χ1v) is 8.37. The first-order valence-electron chi connectivity index (χ1n) is 8.37. The molecule has 1 unspecified atom stereocenters. The third-order valence-electron chi connectivity index (χ3n) is 5.20. The van der Waals surface area contributed by atoms with E-state index in [9.17, 15) is 4.79 Å². The van der Waals surface area contributed by atoms with Crippen LogP contribution < -0.4 is 5.32 Å². The summed E-state index contributed by atoms with van der Waals surface area (Å²) >= 11 is 0. The van der Waals surface area contributed by atoms with Gasteiger partial charge in [0.1, 0.15) is 0 Å². The lowest BCUT2D eigenvalue weighted by Crippen LogP contribution is -2.44. The molecule has 3 fully saturated rings. The van der Waals surface area contributed by atoms with Gasteiger partial charge in [-0.3, -0.25) is 10.1 Å². The standard InChI is InChI=1S/C16H28N2O/c1-2-8-14-17-16(11-12-16)15(19)18(14)13-9-6-4-3-5-7-10-13/h13-14,17H,2-12H2,1H3. The molecule has 3 heteroatoms. The molecule has 3 nitrogen and oxygen atoms in total. The second-order valence-electron chi connectivity index (χ2n) is 6.74. The average Bonchev–Trinajstić information content (AvgIpc) is 3.07. The van der Waals surface area contributed by atoms with Crippen molar-refractivity contribution in [3.8, 4) is 0 Å². The molecule has 0 bridgehead atoms. The zero-order valence-electron chi connectivity index (χ0n) is 12.3. The van der Waals surface area contributed by atoms with E-state index in [4.69, 9.17) is 0 Å². The van der Waals surface area contributed by atoms with Crippen LogP contribution in [0.1, 0.15) is 77.6 Å². The number of hydrogen-bond donors (Lipinski definition) is 1. The molecule has 1 spiro atoms. The van der Waals surface area contributed by atoms with E-state index in [1.54, 1.807) is 0 Å². The van der Waals surface area contributed by atoms with Crippen LogP contribution in [0.15, 0.2) is 0 Å². The molecular formula is C16H28N2O. The van der Waals surface area contributed by atoms with Crippen LogP contribution in [0.3, 0.4) is 0 Å². The molecule has 1 aliphatic heterocycles. The van der Waals surface area contributed by atoms with Crippen LogP contribution in [0.25, 0.3) is 0 Å². The maximum atomic E-state index is 12.7. The predicted octanol–water partition coefficient (Wildman–Crippen LogP) is 3.19. The number of amides is 1. The Bertz CT molecular complexity index is 330. The molecular weight excluding hydrogens is 236 g/mol. The molecule has 0 aromatic heterocycles. The highest BCUT2D eigenvalue weighted by atomic mass is 16.2. The Hall–Kier alpha value is -0.570. The van der Waals surface area contributed by atoms with E-state index in [0.29, 0.717) is 18.1 Å². The summed E-state index contributed by atoms with van der Waals surface area (Å²) in [6.07, 6.45) is 13.9. The van der Waals surface area contributed by atoms with Gasteiger partial charge in [-0.05, 0) is 32.1 Å². The predicted molar refractivity (Wildman–Crippen MR) is 76.7 cm³/mol. The smallest absolute Gasteiger partial charge is 0.244 e. The van der Waals surface area contributed by atoms with Crippen molar-refractivity contribution in [2.75, 3.05) is 0 Å². The number of nitrogens with one attached hydrogen (secondary N) is 1. The minimum Gasteiger partial charge on any atom is -0.323 e. The summed E-state index contributed by atoms with van der Waals surface area (Å²) in [4.78, 5) is 15.0. The average molecular weight is 264 g/mol. The zero-order chi connectivity index (χ0) is 13.3. The van der Waals surface area contributed by atoms with E-state index in [0.717, 1.165) is 25.7 Å². The van der Waals surface area contributed by atoms with Crippen molar-refractivity contribution >= 4 is 5.91 Å². The monoisotopic (exact) mass is 264 g/mol. The molecule has 1 saturated heterocycles. The number of hydrogen-bond acceptors (Lipinski definition) is 2. The Balaban J connectivity index is 1.73. The number of carbonyl (C=O) groups excluding carboxylic acids is 1. The van der Waals surface area contributed by atoms with E-state index < -0.39 is 0 Å². The van der Waals surface area contributed by atoms with Gasteiger partial charge in [0.2, 0.25) is 5.91 Å². The molecule has 0 aromatic carbocycles. The summed E-state index contributed by atoms with van der Waals surface area (Å²) in [5.41, 5.74) is -0.123. The molecule has 2 saturated carbocycles. The van der Waals surface area contributed by atoms with Crippen LogP contribution in [-0.2, 0) is 4.79 Å². The van der Waals surface area contributed by atoms with Crippen molar-refractivity contribution in [2.45, 2.75) is 95.3 Å². The fourth-order valence-electron chi connectivity index (χ4n) is 3.94. The highest BCUT2D eigenvalue weighted by Gasteiger charge is 2.59. The van der Waals surface area contributed by atoms with Crippen molar-refractivity contribution in [3.05, 3.63) is 0 Å². The van der Waals surface area contributed by atoms with Crippen molar-refractivity contribution < 1.29 is 4.79 Å². The van der Waals surface area contributed by atoms with Gasteiger partial charge in [0.15, 0.2) is 0 Å². The van der Waals surface area contributed by atoms with E-state index in [2.05, 4.69) is 17.1 Å². The first kappa shape index (κ1) is 13.4. The number of rotatable bonds is 3. The summed E-state index contributed by atoms with van der Waals surface area (Å²) < 4.78 is 0. The molecule has 0 radical (unpaired) electrons. The lowest BCUT2D eigenvalue weighted by atomic mass is 9.95. The summed E-state index contributed by atoms with van der Waals surface area (Å²) in [6, 6.07) is 0.511. The lowest BCUT2D eigenvalue weighted by molar-refractivity contribution is -0.133. The lowest BCUT2D eigenvalue weighted by Gasteiger charge is -2.34. The Kier molecular flexibility index (Phi) is 3.84. The van der Waals surface area contributed by atoms with E-state index >= 15 is 0 Å². The number of nitrogens with zero attached hydrogens (tertiary/aromatic N) is 1. The van der Waals surface area contributed by atoms with Gasteiger partial charge in [0.25, 0.3) is 0 Å². The maximum absolute atomic E-state index is 12.7. The van der Waals surface area contributed by atoms with Crippen LogP contribution >= 0.6 is 0 Å². The molecule has 0 aromatic rings. The van der Waals surface area contributed by atoms with Gasteiger partial charge in [-0.1, -0.05) is 45.4 Å². The topological polar surface area (TPSA) is 32.3 Å². The summed E-state index contributed by atoms with van der Waals surface area (Å²) in [7, 11) is 0. The van der Waals surface area contributed by atoms with Crippen LogP contribution in [0, 0.1) is 0 Å². The van der Waals surface area contributed by atoms with Gasteiger partial charge < -0.3 is 4.90 Å². The fourth-order valence-corrected chi connectivity index (χ4v) is 3.94. The molecule has 108 valence electrons. The van der Waals surface area contributed by atoms with E-state index in [1.165, 1.54) is 44.9 Å². The number of carbonyl (C=O) groups is 1. The van der Waals surface area contributed by atoms with Gasteiger partial charge in [0, 0.05) is 6.04 Å². The van der Waals surface area contributed by atoms with Crippen molar-refractivity contribution in [3.63, 3.8) is 0 Å². The molecule has 2 aliphatic carbocycles. The van der Waals surface area contributed by atoms with Crippen LogP contribution in [-0.4, -0.2) is 28.6 Å². The van der Waals surface area contributed by atoms with Gasteiger partial charge >= 0.3 is 0 Å². The van der Waals surface area contributed by atoms with Crippen molar-refractivity contribution in [1.29, 1.82) is 0 Å². The Morgan fingerprint density at radius 3 is 2.37 bits per heavy atom. The zero-order valence-corrected chi connectivity index (χ0v) is 12.3. The van der Waals surface area contributed by atoms with Gasteiger partial charge in [0.05, 0.1) is 11.7 Å². The molecule has 3 aliphatic rings. The van der Waals surface area contributed by atoms with Crippen molar-refractivity contribution in [2.24, 2.45) is 0 Å². The summed E-state index contributed by atoms with van der Waals surface area (Å²) in [5.74, 6) is 0.427. The molecule has 1 atom stereocenters. The normalized spacial score (nSPS) is 31.5. The summed E-state index contributed by atoms with van der Waals surface area (Å²) in [6.45, 7) is 2.22. The minimum absolute atomic E-state index is 0.123. The largest absolute Gasteiger partial charge is 0.323 e. The highest BCUT2D eigenvalue weighted by Crippen LogP contribution is 2.44. The summed E-state index contributed by atoms with van der Waals surface area (Å²) in [5, 5.41) is 3.65. The first-order chi connectivity index (χ1) is 9.27. The van der Waals surface area contributed by atoms with Gasteiger partial charge in [-0.2, -0.15) is 0 Å². The van der Waals surface area contributed by atoms with Crippen LogP contribution in [0.2, 0.25) is 0 Å². The molecule has 1 amide bonds. The van der Waals surface area contributed by atoms with E-state index in [1.807, 2.05) is 0 Å². The molecule has 1 heterocycles. The van der Waals surface area contributed by atoms with Gasteiger partial charge in [-0.25, -0.2) is 0 Å². The maximum Gasteiger partial charge on any atom is 0.244 e. The Morgan fingerprint density at radius 2 is 1.79 bits per heavy atom. The van der Waals surface area contributed by atoms with Gasteiger partial charge in [-0.15, -0.1) is 0 Å². The van der Waals surface area contributed by atoms with Crippen LogP contribution in [0.4, 0.5) is 0 Å². The molecule has 3 rings (SSSR count). The van der Waals surface area contributed by atoms with Crippen molar-refractivity contribution in [1.82, 2.24) is 10.2 Å².